The largest absolute Gasteiger partial charge is 0.475 e. The minimum atomic E-state index is -1.39. The van der Waals surface area contributed by atoms with Gasteiger partial charge in [0, 0.05) is 7.11 Å². The number of aromatic nitrogens is 1. The summed E-state index contributed by atoms with van der Waals surface area (Å²) in [5, 5.41) is 8.91. The van der Waals surface area contributed by atoms with E-state index in [2.05, 4.69) is 4.98 Å². The number of hydrogen-bond donors (Lipinski definition) is 1. The lowest BCUT2D eigenvalue weighted by molar-refractivity contribution is 0.0656. The summed E-state index contributed by atoms with van der Waals surface area (Å²) in [6.07, 6.45) is 0. The van der Waals surface area contributed by atoms with Crippen LogP contribution in [-0.2, 0) is 11.3 Å². The van der Waals surface area contributed by atoms with Gasteiger partial charge < -0.3 is 14.3 Å². The summed E-state index contributed by atoms with van der Waals surface area (Å²) in [5.74, 6) is -4.09. The van der Waals surface area contributed by atoms with E-state index in [9.17, 15) is 13.6 Å². The van der Waals surface area contributed by atoms with E-state index in [1.165, 1.54) is 13.2 Å². The number of ether oxygens (including phenoxy) is 1. The summed E-state index contributed by atoms with van der Waals surface area (Å²) in [7, 11) is 1.34. The number of benzene rings is 1. The number of halogens is 2. The third-order valence-electron chi connectivity index (χ3n) is 2.35. The molecule has 2 rings (SSSR count). The molecule has 0 amide bonds. The fraction of sp³-hybridized carbons (Fsp3) is 0.167. The van der Waals surface area contributed by atoms with Gasteiger partial charge in [0.1, 0.15) is 22.9 Å². The number of carboxylic acids is 1. The van der Waals surface area contributed by atoms with Crippen molar-refractivity contribution < 1.29 is 27.8 Å². The monoisotopic (exact) mass is 269 g/mol. The van der Waals surface area contributed by atoms with Crippen LogP contribution < -0.4 is 0 Å². The van der Waals surface area contributed by atoms with Gasteiger partial charge in [-0.2, -0.15) is 0 Å². The fourth-order valence-corrected chi connectivity index (χ4v) is 1.56. The zero-order chi connectivity index (χ0) is 14.0. The first kappa shape index (κ1) is 13.2. The Morgan fingerprint density at radius 3 is 2.58 bits per heavy atom. The minimum absolute atomic E-state index is 0.0346. The van der Waals surface area contributed by atoms with E-state index in [1.807, 2.05) is 0 Å². The molecular weight excluding hydrogens is 260 g/mol. The normalized spacial score (nSPS) is 10.7. The molecule has 7 heteroatoms. The predicted molar refractivity (Wildman–Crippen MR) is 59.5 cm³/mol. The second-order valence-electron chi connectivity index (χ2n) is 3.63. The molecule has 0 spiro atoms. The molecule has 1 aromatic carbocycles. The van der Waals surface area contributed by atoms with Crippen LogP contribution in [0.15, 0.2) is 22.6 Å². The Labute approximate surface area is 106 Å². The summed E-state index contributed by atoms with van der Waals surface area (Å²) in [6, 6.07) is 3.24. The van der Waals surface area contributed by atoms with Crippen LogP contribution >= 0.6 is 0 Å². The van der Waals surface area contributed by atoms with Crippen LogP contribution in [0.1, 0.15) is 16.2 Å². The minimum Gasteiger partial charge on any atom is -0.475 e. The molecule has 0 atom stereocenters. The van der Waals surface area contributed by atoms with Crippen molar-refractivity contribution in [2.45, 2.75) is 6.61 Å². The molecule has 0 saturated carbocycles. The third-order valence-corrected chi connectivity index (χ3v) is 2.35. The van der Waals surface area contributed by atoms with Gasteiger partial charge in [-0.3, -0.25) is 0 Å². The average molecular weight is 269 g/mol. The van der Waals surface area contributed by atoms with Gasteiger partial charge in [0.15, 0.2) is 0 Å². The molecule has 5 nitrogen and oxygen atoms in total. The number of oxazole rings is 1. The van der Waals surface area contributed by atoms with Crippen molar-refractivity contribution >= 4 is 5.97 Å². The van der Waals surface area contributed by atoms with Gasteiger partial charge >= 0.3 is 5.97 Å². The summed E-state index contributed by atoms with van der Waals surface area (Å²) in [4.78, 5) is 14.7. The van der Waals surface area contributed by atoms with E-state index < -0.39 is 34.8 Å². The lowest BCUT2D eigenvalue weighted by Crippen LogP contribution is -2.00. The first-order chi connectivity index (χ1) is 9.04. The van der Waals surface area contributed by atoms with Gasteiger partial charge in [-0.15, -0.1) is 0 Å². The van der Waals surface area contributed by atoms with Crippen molar-refractivity contribution in [3.8, 4) is 11.5 Å². The Balaban J connectivity index is 2.57. The number of carboxylic acid groups (broad SMARTS) is 1. The fourth-order valence-electron chi connectivity index (χ4n) is 1.56. The molecule has 1 aromatic heterocycles. The van der Waals surface area contributed by atoms with Crippen LogP contribution in [0.2, 0.25) is 0 Å². The Kier molecular flexibility index (Phi) is 3.57. The van der Waals surface area contributed by atoms with Crippen molar-refractivity contribution in [2.75, 3.05) is 7.11 Å². The van der Waals surface area contributed by atoms with Crippen LogP contribution in [0.5, 0.6) is 0 Å². The molecule has 0 radical (unpaired) electrons. The van der Waals surface area contributed by atoms with E-state index in [0.717, 1.165) is 12.1 Å². The van der Waals surface area contributed by atoms with Gasteiger partial charge in [-0.25, -0.2) is 18.6 Å². The molecule has 0 aliphatic rings. The maximum Gasteiger partial charge on any atom is 0.373 e. The van der Waals surface area contributed by atoms with Crippen molar-refractivity contribution in [2.24, 2.45) is 0 Å². The molecule has 0 aliphatic carbocycles. The second-order valence-corrected chi connectivity index (χ2v) is 3.63. The topological polar surface area (TPSA) is 72.6 Å². The van der Waals surface area contributed by atoms with Crippen molar-refractivity contribution in [1.82, 2.24) is 4.98 Å². The Bertz CT molecular complexity index is 604. The van der Waals surface area contributed by atoms with Crippen LogP contribution in [0, 0.1) is 11.6 Å². The summed E-state index contributed by atoms with van der Waals surface area (Å²) in [6.45, 7) is -0.138. The molecule has 0 aliphatic heterocycles. The van der Waals surface area contributed by atoms with Crippen molar-refractivity contribution in [1.29, 1.82) is 0 Å². The summed E-state index contributed by atoms with van der Waals surface area (Å²) >= 11 is 0. The number of methoxy groups -OCH3 is 1. The zero-order valence-electron chi connectivity index (χ0n) is 9.81. The molecule has 0 bridgehead atoms. The molecule has 0 saturated heterocycles. The van der Waals surface area contributed by atoms with Gasteiger partial charge in [-0.1, -0.05) is 6.07 Å². The van der Waals surface area contributed by atoms with Gasteiger partial charge in [0.25, 0.3) is 0 Å². The molecular formula is C12H9F2NO4. The molecule has 0 fully saturated rings. The highest BCUT2D eigenvalue weighted by atomic mass is 19.1. The molecule has 1 N–H and O–H groups in total. The van der Waals surface area contributed by atoms with E-state index in [-0.39, 0.29) is 12.3 Å². The molecule has 2 aromatic rings. The highest BCUT2D eigenvalue weighted by Crippen LogP contribution is 2.27. The SMILES string of the molecule is COCc1nc(-c2c(F)cccc2F)oc1C(=O)O. The second kappa shape index (κ2) is 5.15. The lowest BCUT2D eigenvalue weighted by Gasteiger charge is -1.98. The van der Waals surface area contributed by atoms with Gasteiger partial charge in [-0.05, 0) is 12.1 Å². The molecule has 19 heavy (non-hydrogen) atoms. The smallest absolute Gasteiger partial charge is 0.373 e. The molecule has 0 unspecified atom stereocenters. The van der Waals surface area contributed by atoms with Crippen LogP contribution in [0.3, 0.4) is 0 Å². The van der Waals surface area contributed by atoms with Gasteiger partial charge in [0.05, 0.1) is 6.61 Å². The summed E-state index contributed by atoms with van der Waals surface area (Å²) in [5.41, 5.74) is -0.542. The summed E-state index contributed by atoms with van der Waals surface area (Å²) < 4.78 is 36.8. The van der Waals surface area contributed by atoms with Crippen molar-refractivity contribution in [3.05, 3.63) is 41.3 Å². The van der Waals surface area contributed by atoms with Gasteiger partial charge in [0.2, 0.25) is 11.7 Å². The maximum absolute atomic E-state index is 13.5. The number of nitrogens with zero attached hydrogens (tertiary/aromatic N) is 1. The molecule has 100 valence electrons. The third kappa shape index (κ3) is 2.45. The first-order valence-electron chi connectivity index (χ1n) is 5.21. The predicted octanol–water partition coefficient (Wildman–Crippen LogP) is 2.46. The Hall–Kier alpha value is -2.28. The highest BCUT2D eigenvalue weighted by molar-refractivity contribution is 5.86. The van der Waals surface area contributed by atoms with Crippen LogP contribution in [-0.4, -0.2) is 23.2 Å². The standard InChI is InChI=1S/C12H9F2NO4/c1-18-5-8-10(12(16)17)19-11(15-8)9-6(13)3-2-4-7(9)14/h2-4H,5H2,1H3,(H,16,17). The number of rotatable bonds is 4. The number of aromatic carboxylic acids is 1. The Morgan fingerprint density at radius 2 is 2.05 bits per heavy atom. The van der Waals surface area contributed by atoms with E-state index >= 15 is 0 Å². The van der Waals surface area contributed by atoms with E-state index in [0.29, 0.717) is 0 Å². The van der Waals surface area contributed by atoms with Crippen LogP contribution in [0.4, 0.5) is 8.78 Å². The highest BCUT2D eigenvalue weighted by Gasteiger charge is 2.23. The number of carbonyl (C=O) groups is 1. The zero-order valence-corrected chi connectivity index (χ0v) is 9.81. The van der Waals surface area contributed by atoms with Crippen LogP contribution in [0.25, 0.3) is 11.5 Å². The maximum atomic E-state index is 13.5. The van der Waals surface area contributed by atoms with E-state index in [1.54, 1.807) is 0 Å². The Morgan fingerprint density at radius 1 is 1.42 bits per heavy atom. The lowest BCUT2D eigenvalue weighted by atomic mass is 10.2. The number of hydrogen-bond acceptors (Lipinski definition) is 4. The average Bonchev–Trinajstić information content (AvgIpc) is 2.73. The van der Waals surface area contributed by atoms with E-state index in [4.69, 9.17) is 14.3 Å². The first-order valence-corrected chi connectivity index (χ1v) is 5.21. The molecule has 1 heterocycles. The van der Waals surface area contributed by atoms with Crippen molar-refractivity contribution in [3.63, 3.8) is 0 Å². The quantitative estimate of drug-likeness (QED) is 0.923.